The summed E-state index contributed by atoms with van der Waals surface area (Å²) in [5.74, 6) is 0. The smallest absolute Gasteiger partial charge is 0.0762 e. The molecule has 0 aliphatic rings. The van der Waals surface area contributed by atoms with Crippen LogP contribution in [-0.4, -0.2) is 9.78 Å². The Bertz CT molecular complexity index is 508. The Balaban J connectivity index is 1.92. The van der Waals surface area contributed by atoms with Crippen LogP contribution in [0.5, 0.6) is 0 Å². The number of hydrogen-bond donors (Lipinski definition) is 1. The van der Waals surface area contributed by atoms with E-state index in [4.69, 9.17) is 23.2 Å². The van der Waals surface area contributed by atoms with Crippen molar-refractivity contribution in [1.29, 1.82) is 0 Å². The summed E-state index contributed by atoms with van der Waals surface area (Å²) in [5, 5.41) is 8.76. The zero-order valence-electron chi connectivity index (χ0n) is 9.45. The number of halogens is 2. The maximum absolute atomic E-state index is 6.09. The SMILES string of the molecule is Cn1ccc(CNCc2cccc(Cl)c2Cl)n1. The molecule has 0 fully saturated rings. The third-order valence-electron chi connectivity index (χ3n) is 2.42. The van der Waals surface area contributed by atoms with Gasteiger partial charge in [0.05, 0.1) is 15.7 Å². The predicted molar refractivity (Wildman–Crippen MR) is 70.2 cm³/mol. The molecule has 0 saturated heterocycles. The Hall–Kier alpha value is -1.03. The number of benzene rings is 1. The molecule has 0 atom stereocenters. The third-order valence-corrected chi connectivity index (χ3v) is 3.28. The van der Waals surface area contributed by atoms with Gasteiger partial charge in [-0.2, -0.15) is 5.10 Å². The molecule has 1 aromatic carbocycles. The molecule has 0 bridgehead atoms. The first kappa shape index (κ1) is 12.4. The van der Waals surface area contributed by atoms with Crippen molar-refractivity contribution in [2.45, 2.75) is 13.1 Å². The van der Waals surface area contributed by atoms with E-state index in [1.807, 2.05) is 31.4 Å². The lowest BCUT2D eigenvalue weighted by Crippen LogP contribution is -2.13. The minimum atomic E-state index is 0.587. The average molecular weight is 270 g/mol. The van der Waals surface area contributed by atoms with Crippen molar-refractivity contribution < 1.29 is 0 Å². The molecule has 1 heterocycles. The van der Waals surface area contributed by atoms with Crippen LogP contribution in [-0.2, 0) is 20.1 Å². The molecular formula is C12H13Cl2N3. The van der Waals surface area contributed by atoms with Crippen molar-refractivity contribution in [3.63, 3.8) is 0 Å². The normalized spacial score (nSPS) is 10.8. The molecule has 1 N–H and O–H groups in total. The van der Waals surface area contributed by atoms with Crippen molar-refractivity contribution >= 4 is 23.2 Å². The third kappa shape index (κ3) is 3.22. The first-order valence-corrected chi connectivity index (χ1v) is 6.04. The van der Waals surface area contributed by atoms with Gasteiger partial charge in [0, 0.05) is 26.3 Å². The van der Waals surface area contributed by atoms with E-state index in [-0.39, 0.29) is 0 Å². The lowest BCUT2D eigenvalue weighted by Gasteiger charge is -2.06. The number of aryl methyl sites for hydroxylation is 1. The standard InChI is InChI=1S/C12H13Cl2N3/c1-17-6-5-10(16-17)8-15-7-9-3-2-4-11(13)12(9)14/h2-6,15H,7-8H2,1H3. The van der Waals surface area contributed by atoms with Crippen LogP contribution in [0.4, 0.5) is 0 Å². The molecule has 0 unspecified atom stereocenters. The minimum Gasteiger partial charge on any atom is -0.307 e. The summed E-state index contributed by atoms with van der Waals surface area (Å²) in [6.07, 6.45) is 1.92. The number of nitrogens with zero attached hydrogens (tertiary/aromatic N) is 2. The fourth-order valence-electron chi connectivity index (χ4n) is 1.57. The van der Waals surface area contributed by atoms with Crippen LogP contribution in [0, 0.1) is 0 Å². The maximum Gasteiger partial charge on any atom is 0.0762 e. The molecule has 0 spiro atoms. The second kappa shape index (κ2) is 5.54. The van der Waals surface area contributed by atoms with Crippen LogP contribution >= 0.6 is 23.2 Å². The molecule has 1 aromatic heterocycles. The Morgan fingerprint density at radius 2 is 2.06 bits per heavy atom. The van der Waals surface area contributed by atoms with Gasteiger partial charge >= 0.3 is 0 Å². The fraction of sp³-hybridized carbons (Fsp3) is 0.250. The molecule has 90 valence electrons. The lowest BCUT2D eigenvalue weighted by atomic mass is 10.2. The van der Waals surface area contributed by atoms with E-state index >= 15 is 0 Å². The first-order chi connectivity index (χ1) is 8.16. The van der Waals surface area contributed by atoms with Crippen LogP contribution < -0.4 is 5.32 Å². The van der Waals surface area contributed by atoms with Gasteiger partial charge in [-0.25, -0.2) is 0 Å². The van der Waals surface area contributed by atoms with Gasteiger partial charge < -0.3 is 5.32 Å². The van der Waals surface area contributed by atoms with E-state index in [9.17, 15) is 0 Å². The van der Waals surface area contributed by atoms with Crippen molar-refractivity contribution in [3.05, 3.63) is 51.8 Å². The summed E-state index contributed by atoms with van der Waals surface area (Å²) < 4.78 is 1.78. The molecule has 2 aromatic rings. The van der Waals surface area contributed by atoms with Crippen molar-refractivity contribution in [1.82, 2.24) is 15.1 Å². The van der Waals surface area contributed by atoms with Gasteiger partial charge in [0.2, 0.25) is 0 Å². The van der Waals surface area contributed by atoms with Crippen molar-refractivity contribution in [2.24, 2.45) is 7.05 Å². The van der Waals surface area contributed by atoms with E-state index in [1.54, 1.807) is 10.7 Å². The minimum absolute atomic E-state index is 0.587. The molecule has 0 aliphatic heterocycles. The molecular weight excluding hydrogens is 257 g/mol. The molecule has 0 radical (unpaired) electrons. The predicted octanol–water partition coefficient (Wildman–Crippen LogP) is 3.02. The van der Waals surface area contributed by atoms with Gasteiger partial charge in [0.25, 0.3) is 0 Å². The van der Waals surface area contributed by atoms with E-state index in [2.05, 4.69) is 10.4 Å². The number of rotatable bonds is 4. The van der Waals surface area contributed by atoms with Gasteiger partial charge in [-0.3, -0.25) is 4.68 Å². The summed E-state index contributed by atoms with van der Waals surface area (Å²) in [4.78, 5) is 0. The van der Waals surface area contributed by atoms with Crippen molar-refractivity contribution in [2.75, 3.05) is 0 Å². The summed E-state index contributed by atoms with van der Waals surface area (Å²) in [5.41, 5.74) is 2.00. The monoisotopic (exact) mass is 269 g/mol. The maximum atomic E-state index is 6.09. The Morgan fingerprint density at radius 3 is 2.76 bits per heavy atom. The number of nitrogens with one attached hydrogen (secondary N) is 1. The van der Waals surface area contributed by atoms with Gasteiger partial charge in [-0.15, -0.1) is 0 Å². The molecule has 5 heteroatoms. The highest BCUT2D eigenvalue weighted by molar-refractivity contribution is 6.42. The van der Waals surface area contributed by atoms with E-state index in [0.29, 0.717) is 23.1 Å². The summed E-state index contributed by atoms with van der Waals surface area (Å²) in [6.45, 7) is 1.39. The summed E-state index contributed by atoms with van der Waals surface area (Å²) in [7, 11) is 1.90. The van der Waals surface area contributed by atoms with E-state index in [1.165, 1.54) is 0 Å². The topological polar surface area (TPSA) is 29.9 Å². The molecule has 3 nitrogen and oxygen atoms in total. The van der Waals surface area contributed by atoms with Crippen LogP contribution in [0.25, 0.3) is 0 Å². The highest BCUT2D eigenvalue weighted by Gasteiger charge is 2.04. The molecule has 17 heavy (non-hydrogen) atoms. The first-order valence-electron chi connectivity index (χ1n) is 5.29. The second-order valence-corrected chi connectivity index (χ2v) is 4.58. The second-order valence-electron chi connectivity index (χ2n) is 3.80. The highest BCUT2D eigenvalue weighted by atomic mass is 35.5. The Labute approximate surface area is 110 Å². The van der Waals surface area contributed by atoms with Gasteiger partial charge in [-0.1, -0.05) is 35.3 Å². The van der Waals surface area contributed by atoms with E-state index in [0.717, 1.165) is 11.3 Å². The molecule has 0 aliphatic carbocycles. The summed E-state index contributed by atoms with van der Waals surface area (Å²) >= 11 is 12.0. The highest BCUT2D eigenvalue weighted by Crippen LogP contribution is 2.25. The summed E-state index contributed by atoms with van der Waals surface area (Å²) in [6, 6.07) is 7.62. The molecule has 0 saturated carbocycles. The molecule has 2 rings (SSSR count). The number of hydrogen-bond acceptors (Lipinski definition) is 2. The van der Waals surface area contributed by atoms with Crippen molar-refractivity contribution in [3.8, 4) is 0 Å². The zero-order chi connectivity index (χ0) is 12.3. The van der Waals surface area contributed by atoms with Crippen LogP contribution in [0.2, 0.25) is 10.0 Å². The van der Waals surface area contributed by atoms with E-state index < -0.39 is 0 Å². The van der Waals surface area contributed by atoms with Gasteiger partial charge in [-0.05, 0) is 17.7 Å². The quantitative estimate of drug-likeness (QED) is 0.925. The molecule has 0 amide bonds. The van der Waals surface area contributed by atoms with Gasteiger partial charge in [0.1, 0.15) is 0 Å². The Kier molecular flexibility index (Phi) is 4.05. The lowest BCUT2D eigenvalue weighted by molar-refractivity contribution is 0.656. The average Bonchev–Trinajstić information content (AvgIpc) is 2.70. The zero-order valence-corrected chi connectivity index (χ0v) is 11.0. The van der Waals surface area contributed by atoms with Gasteiger partial charge in [0.15, 0.2) is 0 Å². The number of aromatic nitrogens is 2. The van der Waals surface area contributed by atoms with Crippen LogP contribution in [0.15, 0.2) is 30.5 Å². The van der Waals surface area contributed by atoms with Crippen LogP contribution in [0.1, 0.15) is 11.3 Å². The Morgan fingerprint density at radius 1 is 1.24 bits per heavy atom. The van der Waals surface area contributed by atoms with Crippen LogP contribution in [0.3, 0.4) is 0 Å². The fourth-order valence-corrected chi connectivity index (χ4v) is 1.95. The largest absolute Gasteiger partial charge is 0.307 e.